The van der Waals surface area contributed by atoms with Crippen LogP contribution < -0.4 is 10.6 Å². The molecule has 8 nitrogen and oxygen atoms in total. The highest BCUT2D eigenvalue weighted by molar-refractivity contribution is 6.02. The van der Waals surface area contributed by atoms with Crippen LogP contribution in [0.15, 0.2) is 36.4 Å². The average Bonchev–Trinajstić information content (AvgIpc) is 3.61. The molecule has 1 aromatic rings. The lowest BCUT2D eigenvalue weighted by Crippen LogP contribution is -2.58. The van der Waals surface area contributed by atoms with Gasteiger partial charge in [0.1, 0.15) is 11.6 Å². The number of nitrogens with one attached hydrogen (secondary N) is 2. The van der Waals surface area contributed by atoms with E-state index in [-0.39, 0.29) is 23.8 Å². The maximum atomic E-state index is 14.4. The molecule has 2 bridgehead atoms. The first kappa shape index (κ1) is 29.4. The molecule has 1 saturated carbocycles. The summed E-state index contributed by atoms with van der Waals surface area (Å²) in [6, 6.07) is 7.46. The summed E-state index contributed by atoms with van der Waals surface area (Å²) in [7, 11) is 0. The molecule has 1 spiro atoms. The average molecular weight is 577 g/mol. The molecule has 5 aliphatic rings. The van der Waals surface area contributed by atoms with Gasteiger partial charge in [-0.1, -0.05) is 64.3 Å². The summed E-state index contributed by atoms with van der Waals surface area (Å²) in [4.78, 5) is 46.7. The second kappa shape index (κ2) is 11.8. The fraction of sp³-hybridized carbons (Fsp3) is 0.676. The summed E-state index contributed by atoms with van der Waals surface area (Å²) in [5, 5.41) is 6.41. The molecular weight excluding hydrogens is 528 g/mol. The van der Waals surface area contributed by atoms with Gasteiger partial charge in [0.2, 0.25) is 17.7 Å². The van der Waals surface area contributed by atoms with Crippen LogP contribution >= 0.6 is 0 Å². The molecule has 0 aromatic heterocycles. The Bertz CT molecular complexity index is 1230. The molecule has 42 heavy (non-hydrogen) atoms. The number of nitrogens with zero attached hydrogens (tertiary/aromatic N) is 2. The molecule has 4 fully saturated rings. The van der Waals surface area contributed by atoms with E-state index in [0.29, 0.717) is 30.1 Å². The third-order valence-corrected chi connectivity index (χ3v) is 11.1. The molecule has 8 heteroatoms. The van der Waals surface area contributed by atoms with Gasteiger partial charge in [-0.05, 0) is 68.7 Å². The number of anilines is 1. The molecule has 1 aromatic carbocycles. The monoisotopic (exact) mass is 576 g/mol. The van der Waals surface area contributed by atoms with Crippen molar-refractivity contribution in [2.24, 2.45) is 23.7 Å². The minimum absolute atomic E-state index is 0.0724. The van der Waals surface area contributed by atoms with Crippen LogP contribution in [0.1, 0.15) is 71.3 Å². The van der Waals surface area contributed by atoms with Gasteiger partial charge in [0.05, 0.1) is 17.9 Å². The first-order chi connectivity index (χ1) is 20.2. The van der Waals surface area contributed by atoms with E-state index in [9.17, 15) is 14.4 Å². The number of aryl methyl sites for hydroxylation is 1. The normalized spacial score (nSPS) is 37.6. The molecule has 0 radical (unpaired) electrons. The van der Waals surface area contributed by atoms with Gasteiger partial charge in [-0.15, -0.1) is 0 Å². The third kappa shape index (κ3) is 5.08. The number of piperidine rings is 1. The van der Waals surface area contributed by atoms with Crippen molar-refractivity contribution in [3.63, 3.8) is 0 Å². The molecule has 9 atom stereocenters. The lowest BCUT2D eigenvalue weighted by atomic mass is 9.73. The highest BCUT2D eigenvalue weighted by Gasteiger charge is 2.72. The fourth-order valence-corrected chi connectivity index (χ4v) is 8.56. The van der Waals surface area contributed by atoms with E-state index >= 15 is 0 Å². The van der Waals surface area contributed by atoms with Crippen LogP contribution in [0.2, 0.25) is 0 Å². The summed E-state index contributed by atoms with van der Waals surface area (Å²) in [5.41, 5.74) is 0.617. The third-order valence-electron chi connectivity index (χ3n) is 11.1. The van der Waals surface area contributed by atoms with E-state index in [1.54, 1.807) is 4.90 Å². The van der Waals surface area contributed by atoms with Crippen molar-refractivity contribution in [2.75, 3.05) is 25.0 Å². The predicted molar refractivity (Wildman–Crippen MR) is 163 cm³/mol. The van der Waals surface area contributed by atoms with Gasteiger partial charge in [0, 0.05) is 30.9 Å². The van der Waals surface area contributed by atoms with Gasteiger partial charge in [-0.2, -0.15) is 0 Å². The van der Waals surface area contributed by atoms with E-state index in [2.05, 4.69) is 36.3 Å². The Balaban J connectivity index is 1.28. The van der Waals surface area contributed by atoms with Crippen LogP contribution in [-0.4, -0.2) is 77.0 Å². The molecule has 6 rings (SSSR count). The molecule has 1 aliphatic carbocycles. The maximum Gasteiger partial charge on any atom is 0.246 e. The van der Waals surface area contributed by atoms with Crippen molar-refractivity contribution in [1.29, 1.82) is 0 Å². The van der Waals surface area contributed by atoms with Crippen molar-refractivity contribution >= 4 is 23.4 Å². The maximum absolute atomic E-state index is 14.4. The number of amides is 3. The summed E-state index contributed by atoms with van der Waals surface area (Å²) in [5.74, 6) is -1.02. The minimum atomic E-state index is -1.13. The lowest BCUT2D eigenvalue weighted by molar-refractivity contribution is -0.142. The van der Waals surface area contributed by atoms with Crippen molar-refractivity contribution in [1.82, 2.24) is 15.1 Å². The molecule has 0 unspecified atom stereocenters. The zero-order chi connectivity index (χ0) is 29.6. The number of benzene rings is 1. The number of fused-ring (bicyclic) bond motifs is 1. The summed E-state index contributed by atoms with van der Waals surface area (Å²) >= 11 is 0. The number of likely N-dealkylation sites (tertiary alicyclic amines) is 2. The Kier molecular flexibility index (Phi) is 8.22. The van der Waals surface area contributed by atoms with Gasteiger partial charge in [-0.25, -0.2) is 0 Å². The Morgan fingerprint density at radius 2 is 1.90 bits per heavy atom. The highest BCUT2D eigenvalue weighted by Crippen LogP contribution is 2.55. The predicted octanol–water partition coefficient (Wildman–Crippen LogP) is 4.29. The van der Waals surface area contributed by atoms with Crippen molar-refractivity contribution in [3.8, 4) is 0 Å². The lowest BCUT2D eigenvalue weighted by Gasteiger charge is -2.39. The number of carbonyl (C=O) groups is 3. The zero-order valence-electron chi connectivity index (χ0n) is 25.7. The molecule has 3 amide bonds. The van der Waals surface area contributed by atoms with E-state index < -0.39 is 29.6 Å². The van der Waals surface area contributed by atoms with Crippen LogP contribution in [0, 0.1) is 30.6 Å². The smallest absolute Gasteiger partial charge is 0.246 e. The molecule has 4 heterocycles. The van der Waals surface area contributed by atoms with E-state index in [1.165, 1.54) is 19.3 Å². The highest BCUT2D eigenvalue weighted by atomic mass is 16.5. The van der Waals surface area contributed by atoms with Crippen molar-refractivity contribution in [3.05, 3.63) is 42.0 Å². The standard InChI is InChI=1S/C34H48N4O4/c1-5-25-13-6-7-17-37(25)18-19-38-30(32(40)36-26-14-9-11-22(3)23(26)4)34-16-15-27(42-34)28(29(34)33(38)41)31(39)35-24-12-8-10-21(2)20-24/h8,10,12,15-16,20,22-23,25-30H,5-7,9,11,13-14,17-19H2,1-4H3,(H,35,39)(H,36,40)/t22-,23-,25-,26-,27+,28-,29+,30+,34+/m1/s1. The molecule has 4 aliphatic heterocycles. The van der Waals surface area contributed by atoms with Gasteiger partial charge in [0.25, 0.3) is 0 Å². The van der Waals surface area contributed by atoms with Gasteiger partial charge in [0.15, 0.2) is 0 Å². The number of hydrogen-bond donors (Lipinski definition) is 2. The van der Waals surface area contributed by atoms with Gasteiger partial charge >= 0.3 is 0 Å². The Labute approximate surface area is 250 Å². The summed E-state index contributed by atoms with van der Waals surface area (Å²) in [6.07, 6.45) is 11.2. The van der Waals surface area contributed by atoms with Crippen LogP contribution in [0.4, 0.5) is 5.69 Å². The number of hydrogen-bond acceptors (Lipinski definition) is 5. The minimum Gasteiger partial charge on any atom is -0.359 e. The topological polar surface area (TPSA) is 91.0 Å². The second-order valence-electron chi connectivity index (χ2n) is 13.6. The van der Waals surface area contributed by atoms with Crippen LogP contribution in [0.25, 0.3) is 0 Å². The molecule has 3 saturated heterocycles. The Hall–Kier alpha value is -2.71. The van der Waals surface area contributed by atoms with Crippen molar-refractivity contribution in [2.45, 2.75) is 102 Å². The van der Waals surface area contributed by atoms with Crippen molar-refractivity contribution < 1.29 is 19.1 Å². The largest absolute Gasteiger partial charge is 0.359 e. The van der Waals surface area contributed by atoms with E-state index in [4.69, 9.17) is 4.74 Å². The quantitative estimate of drug-likeness (QED) is 0.451. The van der Waals surface area contributed by atoms with Crippen LogP contribution in [0.3, 0.4) is 0 Å². The van der Waals surface area contributed by atoms with E-state index in [0.717, 1.165) is 44.3 Å². The second-order valence-corrected chi connectivity index (χ2v) is 13.6. The number of ether oxygens (including phenoxy) is 1. The van der Waals surface area contributed by atoms with Gasteiger partial charge in [-0.3, -0.25) is 19.3 Å². The van der Waals surface area contributed by atoms with E-state index in [1.807, 2.05) is 43.3 Å². The number of rotatable bonds is 8. The number of carbonyl (C=O) groups excluding carboxylic acids is 3. The van der Waals surface area contributed by atoms with Gasteiger partial charge < -0.3 is 20.3 Å². The molecule has 2 N–H and O–H groups in total. The molecule has 228 valence electrons. The SMILES string of the molecule is CC[C@@H]1CCCCN1CCN1C(=O)[C@@H]2[C@H](C(=O)Nc3cccc(C)c3)[C@@H]3C=C[C@@]2(O3)[C@@H]1C(=O)N[C@@H]1CCC[C@@H](C)[C@H]1C. The summed E-state index contributed by atoms with van der Waals surface area (Å²) < 4.78 is 6.58. The Morgan fingerprint density at radius 3 is 2.69 bits per heavy atom. The fourth-order valence-electron chi connectivity index (χ4n) is 8.56. The molecular formula is C34H48N4O4. The van der Waals surface area contributed by atoms with Crippen LogP contribution in [-0.2, 0) is 19.1 Å². The summed E-state index contributed by atoms with van der Waals surface area (Å²) in [6.45, 7) is 10.9. The zero-order valence-corrected chi connectivity index (χ0v) is 25.7. The first-order valence-corrected chi connectivity index (χ1v) is 16.3. The first-order valence-electron chi connectivity index (χ1n) is 16.3. The van der Waals surface area contributed by atoms with Crippen LogP contribution in [0.5, 0.6) is 0 Å². The Morgan fingerprint density at radius 1 is 1.07 bits per heavy atom.